The van der Waals surface area contributed by atoms with E-state index in [2.05, 4.69) is 5.32 Å². The number of carbonyl (C=O) groups excluding carboxylic acids is 1. The van der Waals surface area contributed by atoms with Gasteiger partial charge in [0.2, 0.25) is 15.9 Å². The minimum absolute atomic E-state index is 0.0556. The molecule has 0 spiro atoms. The molecule has 1 heterocycles. The van der Waals surface area contributed by atoms with Gasteiger partial charge in [0.25, 0.3) is 0 Å². The molecule has 0 atom stereocenters. The summed E-state index contributed by atoms with van der Waals surface area (Å²) >= 11 is 1.50. The summed E-state index contributed by atoms with van der Waals surface area (Å²) in [6, 6.07) is 10.6. The quantitative estimate of drug-likeness (QED) is 0.707. The number of carbonyl (C=O) groups is 1. The molecule has 0 saturated heterocycles. The minimum atomic E-state index is -3.53. The Balaban J connectivity index is 1.86. The summed E-state index contributed by atoms with van der Waals surface area (Å²) in [6.07, 6.45) is 0.324. The molecule has 26 heavy (non-hydrogen) atoms. The average Bonchev–Trinajstić information content (AvgIpc) is 3.07. The van der Waals surface area contributed by atoms with Crippen LogP contribution in [0.4, 0.5) is 5.69 Å². The molecule has 2 aromatic rings. The molecular formula is C18H24N2O4S2. The Morgan fingerprint density at radius 2 is 1.92 bits per heavy atom. The zero-order chi connectivity index (χ0) is 19.2. The number of anilines is 1. The zero-order valence-electron chi connectivity index (χ0n) is 15.1. The van der Waals surface area contributed by atoms with Crippen LogP contribution in [0, 0.1) is 0 Å². The third-order valence-corrected chi connectivity index (χ3v) is 6.23. The van der Waals surface area contributed by atoms with Crippen molar-refractivity contribution in [3.05, 3.63) is 46.7 Å². The first-order chi connectivity index (χ1) is 12.3. The van der Waals surface area contributed by atoms with Gasteiger partial charge in [0.1, 0.15) is 5.75 Å². The standard InChI is InChI=1S/C18H24N2O4S2/c1-14(2)24-16-8-6-15(7-9-16)20(3)26(22,23)12-10-19-18(21)13-17-5-4-11-25-17/h4-9,11,14H,10,12-13H2,1-3H3,(H,19,21). The Morgan fingerprint density at radius 1 is 1.23 bits per heavy atom. The molecule has 6 nitrogen and oxygen atoms in total. The SMILES string of the molecule is CC(C)Oc1ccc(N(C)S(=O)(=O)CCNC(=O)Cc2cccs2)cc1. The van der Waals surface area contributed by atoms with E-state index in [0.717, 1.165) is 4.88 Å². The van der Waals surface area contributed by atoms with Crippen molar-refractivity contribution in [2.75, 3.05) is 23.7 Å². The number of nitrogens with one attached hydrogen (secondary N) is 1. The normalized spacial score (nSPS) is 11.4. The Kier molecular flexibility index (Phi) is 7.05. The second kappa shape index (κ2) is 9.05. The molecule has 0 aliphatic rings. The van der Waals surface area contributed by atoms with Gasteiger partial charge >= 0.3 is 0 Å². The topological polar surface area (TPSA) is 75.7 Å². The second-order valence-corrected chi connectivity index (χ2v) is 9.20. The number of nitrogens with zero attached hydrogens (tertiary/aromatic N) is 1. The summed E-state index contributed by atoms with van der Waals surface area (Å²) in [5.41, 5.74) is 0.547. The van der Waals surface area contributed by atoms with Gasteiger partial charge in [-0.1, -0.05) is 6.07 Å². The molecule has 0 unspecified atom stereocenters. The van der Waals surface area contributed by atoms with E-state index < -0.39 is 10.0 Å². The smallest absolute Gasteiger partial charge is 0.236 e. The number of hydrogen-bond donors (Lipinski definition) is 1. The highest BCUT2D eigenvalue weighted by Gasteiger charge is 2.18. The summed E-state index contributed by atoms with van der Waals surface area (Å²) in [5, 5.41) is 4.56. The molecule has 1 aromatic carbocycles. The van der Waals surface area contributed by atoms with Crippen molar-refractivity contribution in [2.24, 2.45) is 0 Å². The molecule has 1 amide bonds. The summed E-state index contributed by atoms with van der Waals surface area (Å²) in [4.78, 5) is 12.8. The van der Waals surface area contributed by atoms with Crippen molar-refractivity contribution in [3.8, 4) is 5.75 Å². The Hall–Kier alpha value is -2.06. The molecule has 0 aliphatic carbocycles. The van der Waals surface area contributed by atoms with Crippen molar-refractivity contribution in [1.82, 2.24) is 5.32 Å². The maximum atomic E-state index is 12.4. The van der Waals surface area contributed by atoms with Crippen LogP contribution in [0.25, 0.3) is 0 Å². The first kappa shape index (κ1) is 20.3. The first-order valence-electron chi connectivity index (χ1n) is 8.30. The lowest BCUT2D eigenvalue weighted by atomic mass is 10.3. The lowest BCUT2D eigenvalue weighted by molar-refractivity contribution is -0.120. The van der Waals surface area contributed by atoms with Crippen molar-refractivity contribution in [2.45, 2.75) is 26.4 Å². The van der Waals surface area contributed by atoms with Crippen molar-refractivity contribution >= 4 is 33.0 Å². The summed E-state index contributed by atoms with van der Waals surface area (Å²) in [6.45, 7) is 3.93. The third kappa shape index (κ3) is 6.03. The highest BCUT2D eigenvalue weighted by molar-refractivity contribution is 7.92. The van der Waals surface area contributed by atoms with Gasteiger partial charge < -0.3 is 10.1 Å². The maximum absolute atomic E-state index is 12.4. The minimum Gasteiger partial charge on any atom is -0.491 e. The average molecular weight is 397 g/mol. The van der Waals surface area contributed by atoms with Gasteiger partial charge in [-0.3, -0.25) is 9.10 Å². The lowest BCUT2D eigenvalue weighted by Gasteiger charge is -2.20. The van der Waals surface area contributed by atoms with Crippen LogP contribution in [0.1, 0.15) is 18.7 Å². The van der Waals surface area contributed by atoms with Gasteiger partial charge in [-0.05, 0) is 49.6 Å². The van der Waals surface area contributed by atoms with E-state index in [1.54, 1.807) is 24.3 Å². The summed E-state index contributed by atoms with van der Waals surface area (Å²) in [5.74, 6) is 0.347. The van der Waals surface area contributed by atoms with Crippen LogP contribution in [0.15, 0.2) is 41.8 Å². The number of thiophene rings is 1. The third-order valence-electron chi connectivity index (χ3n) is 3.59. The van der Waals surface area contributed by atoms with Crippen LogP contribution in [0.5, 0.6) is 5.75 Å². The van der Waals surface area contributed by atoms with E-state index in [1.807, 2.05) is 31.4 Å². The van der Waals surface area contributed by atoms with Crippen LogP contribution in [0.2, 0.25) is 0 Å². The van der Waals surface area contributed by atoms with E-state index in [1.165, 1.54) is 22.7 Å². The lowest BCUT2D eigenvalue weighted by Crippen LogP contribution is -2.36. The van der Waals surface area contributed by atoms with Crippen LogP contribution >= 0.6 is 11.3 Å². The van der Waals surface area contributed by atoms with E-state index in [0.29, 0.717) is 11.4 Å². The van der Waals surface area contributed by atoms with Crippen molar-refractivity contribution < 1.29 is 17.9 Å². The van der Waals surface area contributed by atoms with Crippen LogP contribution < -0.4 is 14.4 Å². The second-order valence-electron chi connectivity index (χ2n) is 6.05. The van der Waals surface area contributed by atoms with Gasteiger partial charge in [-0.25, -0.2) is 8.42 Å². The number of benzene rings is 1. The fraction of sp³-hybridized carbons (Fsp3) is 0.389. The predicted octanol–water partition coefficient (Wildman–Crippen LogP) is 2.66. The fourth-order valence-corrected chi connectivity index (χ4v) is 4.04. The van der Waals surface area contributed by atoms with Crippen molar-refractivity contribution in [1.29, 1.82) is 0 Å². The molecule has 0 aliphatic heterocycles. The Bertz CT molecular complexity index is 800. The summed E-state index contributed by atoms with van der Waals surface area (Å²) < 4.78 is 31.6. The molecule has 0 fully saturated rings. The monoisotopic (exact) mass is 396 g/mol. The Labute approximate surface area is 158 Å². The first-order valence-corrected chi connectivity index (χ1v) is 10.8. The molecule has 142 valence electrons. The van der Waals surface area contributed by atoms with Crippen LogP contribution in [-0.2, 0) is 21.2 Å². The summed E-state index contributed by atoms with van der Waals surface area (Å²) in [7, 11) is -2.03. The van der Waals surface area contributed by atoms with E-state index in [-0.39, 0.29) is 30.7 Å². The predicted molar refractivity (Wildman–Crippen MR) is 105 cm³/mol. The molecule has 8 heteroatoms. The van der Waals surface area contributed by atoms with Crippen LogP contribution in [0.3, 0.4) is 0 Å². The molecule has 0 saturated carbocycles. The number of sulfonamides is 1. The number of amides is 1. The van der Waals surface area contributed by atoms with Gasteiger partial charge in [-0.15, -0.1) is 11.3 Å². The van der Waals surface area contributed by atoms with E-state index in [4.69, 9.17) is 4.74 Å². The molecular weight excluding hydrogens is 372 g/mol. The molecule has 1 N–H and O–H groups in total. The van der Waals surface area contributed by atoms with Crippen LogP contribution in [-0.4, -0.2) is 39.8 Å². The van der Waals surface area contributed by atoms with E-state index >= 15 is 0 Å². The largest absolute Gasteiger partial charge is 0.491 e. The maximum Gasteiger partial charge on any atom is 0.236 e. The van der Waals surface area contributed by atoms with Crippen molar-refractivity contribution in [3.63, 3.8) is 0 Å². The highest BCUT2D eigenvalue weighted by Crippen LogP contribution is 2.21. The molecule has 2 rings (SSSR count). The van der Waals surface area contributed by atoms with Gasteiger partial charge in [0.05, 0.1) is 24.0 Å². The van der Waals surface area contributed by atoms with E-state index in [9.17, 15) is 13.2 Å². The fourth-order valence-electron chi connectivity index (χ4n) is 2.26. The Morgan fingerprint density at radius 3 is 2.50 bits per heavy atom. The number of hydrogen-bond acceptors (Lipinski definition) is 5. The number of ether oxygens (including phenoxy) is 1. The molecule has 0 bridgehead atoms. The molecule has 1 aromatic heterocycles. The van der Waals surface area contributed by atoms with Gasteiger partial charge in [0.15, 0.2) is 0 Å². The van der Waals surface area contributed by atoms with Gasteiger partial charge in [0, 0.05) is 18.5 Å². The molecule has 0 radical (unpaired) electrons. The van der Waals surface area contributed by atoms with Gasteiger partial charge in [-0.2, -0.15) is 0 Å². The zero-order valence-corrected chi connectivity index (χ0v) is 16.8. The number of rotatable bonds is 9. The highest BCUT2D eigenvalue weighted by atomic mass is 32.2.